The molecule has 2 aromatic carbocycles. The summed E-state index contributed by atoms with van der Waals surface area (Å²) in [5.41, 5.74) is 11.5. The largest absolute Gasteiger partial charge is 0.385 e. The molecule has 0 bridgehead atoms. The van der Waals surface area contributed by atoms with Crippen molar-refractivity contribution in [2.24, 2.45) is 0 Å². The molecular weight excluding hydrogens is 462 g/mol. The summed E-state index contributed by atoms with van der Waals surface area (Å²) in [5, 5.41) is 11.3. The molecule has 0 saturated heterocycles. The van der Waals surface area contributed by atoms with Crippen molar-refractivity contribution in [2.45, 2.75) is 125 Å². The minimum absolute atomic E-state index is 0.508. The third-order valence-corrected chi connectivity index (χ3v) is 7.70. The lowest BCUT2D eigenvalue weighted by Crippen LogP contribution is -2.25. The standard InChI is InChI=1S/C35H59N3/c1-22(2)28-18-30(24(5)6)34(31(19-28)25(7)8)37-15-13-14-36-16-17-38-35-32(26(9)10)20-29(23(3)4)21-33(35)27(11)12/h18-27,36-38H,13-17H2,1-12H3. The zero-order valence-corrected chi connectivity index (χ0v) is 26.8. The van der Waals surface area contributed by atoms with E-state index < -0.39 is 0 Å². The molecule has 0 radical (unpaired) electrons. The summed E-state index contributed by atoms with van der Waals surface area (Å²) >= 11 is 0. The molecule has 0 fully saturated rings. The second-order valence-corrected chi connectivity index (χ2v) is 13.0. The maximum atomic E-state index is 3.83. The first kappa shape index (κ1) is 32.2. The molecule has 2 aromatic rings. The molecule has 0 aromatic heterocycles. The molecule has 3 heteroatoms. The summed E-state index contributed by atoms with van der Waals surface area (Å²) in [6.07, 6.45) is 1.11. The smallest absolute Gasteiger partial charge is 0.0411 e. The highest BCUT2D eigenvalue weighted by atomic mass is 15.0. The van der Waals surface area contributed by atoms with Gasteiger partial charge in [0, 0.05) is 31.0 Å². The van der Waals surface area contributed by atoms with Gasteiger partial charge < -0.3 is 16.0 Å². The Morgan fingerprint density at radius 2 is 0.763 bits per heavy atom. The van der Waals surface area contributed by atoms with Crippen LogP contribution in [-0.2, 0) is 0 Å². The van der Waals surface area contributed by atoms with Crippen LogP contribution in [0.25, 0.3) is 0 Å². The quantitative estimate of drug-likeness (QED) is 0.204. The Morgan fingerprint density at radius 1 is 0.421 bits per heavy atom. The van der Waals surface area contributed by atoms with Crippen LogP contribution in [-0.4, -0.2) is 26.2 Å². The molecule has 0 aliphatic rings. The lowest BCUT2D eigenvalue weighted by molar-refractivity contribution is 0.672. The second kappa shape index (κ2) is 15.0. The first-order valence-electron chi connectivity index (χ1n) is 15.4. The van der Waals surface area contributed by atoms with Crippen molar-refractivity contribution in [1.82, 2.24) is 5.32 Å². The number of hydrogen-bond acceptors (Lipinski definition) is 3. The van der Waals surface area contributed by atoms with E-state index in [2.05, 4.69) is 123 Å². The number of rotatable bonds is 15. The average Bonchev–Trinajstić information content (AvgIpc) is 2.84. The Kier molecular flexibility index (Phi) is 12.7. The molecule has 2 rings (SSSR count). The molecule has 0 aliphatic heterocycles. The normalized spacial score (nSPS) is 12.2. The van der Waals surface area contributed by atoms with Crippen LogP contribution in [0.5, 0.6) is 0 Å². The van der Waals surface area contributed by atoms with Crippen LogP contribution in [0.4, 0.5) is 11.4 Å². The number of hydrogen-bond donors (Lipinski definition) is 3. The van der Waals surface area contributed by atoms with Gasteiger partial charge in [0.05, 0.1) is 0 Å². The van der Waals surface area contributed by atoms with Gasteiger partial charge in [-0.1, -0.05) is 107 Å². The lowest BCUT2D eigenvalue weighted by Gasteiger charge is -2.24. The molecule has 38 heavy (non-hydrogen) atoms. The highest BCUT2D eigenvalue weighted by molar-refractivity contribution is 5.63. The van der Waals surface area contributed by atoms with Gasteiger partial charge in [-0.3, -0.25) is 0 Å². The Labute approximate surface area is 236 Å². The van der Waals surface area contributed by atoms with Crippen LogP contribution in [0.2, 0.25) is 0 Å². The van der Waals surface area contributed by atoms with E-state index in [4.69, 9.17) is 0 Å². The van der Waals surface area contributed by atoms with Crippen molar-refractivity contribution in [1.29, 1.82) is 0 Å². The number of nitrogens with one attached hydrogen (secondary N) is 3. The van der Waals surface area contributed by atoms with Crippen LogP contribution in [0.15, 0.2) is 24.3 Å². The molecule has 3 N–H and O–H groups in total. The van der Waals surface area contributed by atoms with Crippen molar-refractivity contribution >= 4 is 11.4 Å². The molecule has 3 nitrogen and oxygen atoms in total. The van der Waals surface area contributed by atoms with Gasteiger partial charge in [-0.2, -0.15) is 0 Å². The van der Waals surface area contributed by atoms with Gasteiger partial charge in [0.15, 0.2) is 0 Å². The van der Waals surface area contributed by atoms with E-state index >= 15 is 0 Å². The van der Waals surface area contributed by atoms with Gasteiger partial charge in [0.1, 0.15) is 0 Å². The minimum atomic E-state index is 0.508. The molecule has 0 spiro atoms. The van der Waals surface area contributed by atoms with Gasteiger partial charge in [-0.25, -0.2) is 0 Å². The van der Waals surface area contributed by atoms with Crippen LogP contribution < -0.4 is 16.0 Å². The van der Waals surface area contributed by atoms with E-state index in [0.717, 1.165) is 32.6 Å². The van der Waals surface area contributed by atoms with Gasteiger partial charge in [0.2, 0.25) is 0 Å². The zero-order valence-electron chi connectivity index (χ0n) is 26.8. The molecule has 214 valence electrons. The molecule has 0 amide bonds. The number of benzene rings is 2. The topological polar surface area (TPSA) is 36.1 Å². The van der Waals surface area contributed by atoms with Crippen LogP contribution in [0.1, 0.15) is 158 Å². The van der Waals surface area contributed by atoms with Crippen LogP contribution >= 0.6 is 0 Å². The fraction of sp³-hybridized carbons (Fsp3) is 0.657. The molecule has 0 atom stereocenters. The fourth-order valence-corrected chi connectivity index (χ4v) is 5.15. The Morgan fingerprint density at radius 3 is 1.08 bits per heavy atom. The Balaban J connectivity index is 1.94. The molecule has 0 heterocycles. The monoisotopic (exact) mass is 521 g/mol. The van der Waals surface area contributed by atoms with Crippen molar-refractivity contribution in [3.63, 3.8) is 0 Å². The third-order valence-electron chi connectivity index (χ3n) is 7.70. The van der Waals surface area contributed by atoms with Gasteiger partial charge in [-0.05, 0) is 81.9 Å². The van der Waals surface area contributed by atoms with E-state index in [1.165, 1.54) is 44.8 Å². The van der Waals surface area contributed by atoms with E-state index in [1.807, 2.05) is 0 Å². The molecular formula is C35H59N3. The highest BCUT2D eigenvalue weighted by Crippen LogP contribution is 2.37. The summed E-state index contributed by atoms with van der Waals surface area (Å²) in [6.45, 7) is 31.6. The fourth-order valence-electron chi connectivity index (χ4n) is 5.15. The first-order valence-corrected chi connectivity index (χ1v) is 15.4. The van der Waals surface area contributed by atoms with Crippen molar-refractivity contribution in [3.8, 4) is 0 Å². The Hall–Kier alpha value is -2.00. The zero-order chi connectivity index (χ0) is 28.6. The van der Waals surface area contributed by atoms with Crippen LogP contribution in [0.3, 0.4) is 0 Å². The van der Waals surface area contributed by atoms with Gasteiger partial charge in [-0.15, -0.1) is 0 Å². The summed E-state index contributed by atoms with van der Waals surface area (Å²) in [6, 6.07) is 9.70. The highest BCUT2D eigenvalue weighted by Gasteiger charge is 2.18. The molecule has 0 aliphatic carbocycles. The Bertz CT molecular complexity index is 859. The van der Waals surface area contributed by atoms with Gasteiger partial charge in [0.25, 0.3) is 0 Å². The van der Waals surface area contributed by atoms with E-state index in [-0.39, 0.29) is 0 Å². The molecule has 0 unspecified atom stereocenters. The van der Waals surface area contributed by atoms with E-state index in [1.54, 1.807) is 0 Å². The summed E-state index contributed by atoms with van der Waals surface area (Å²) in [4.78, 5) is 0. The summed E-state index contributed by atoms with van der Waals surface area (Å²) < 4.78 is 0. The predicted octanol–water partition coefficient (Wildman–Crippen LogP) is 9.93. The second-order valence-electron chi connectivity index (χ2n) is 13.0. The SMILES string of the molecule is CC(C)c1cc(C(C)C)c(NCCCNCCNc2c(C(C)C)cc(C(C)C)cc2C(C)C)c(C(C)C)c1. The summed E-state index contributed by atoms with van der Waals surface area (Å²) in [7, 11) is 0. The van der Waals surface area contributed by atoms with Crippen molar-refractivity contribution in [3.05, 3.63) is 57.6 Å². The van der Waals surface area contributed by atoms with Crippen molar-refractivity contribution < 1.29 is 0 Å². The predicted molar refractivity (Wildman–Crippen MR) is 172 cm³/mol. The summed E-state index contributed by atoms with van der Waals surface area (Å²) in [5.74, 6) is 3.15. The number of anilines is 2. The minimum Gasteiger partial charge on any atom is -0.385 e. The average molecular weight is 522 g/mol. The van der Waals surface area contributed by atoms with E-state index in [0.29, 0.717) is 35.5 Å². The van der Waals surface area contributed by atoms with Crippen molar-refractivity contribution in [2.75, 3.05) is 36.8 Å². The molecule has 0 saturated carbocycles. The van der Waals surface area contributed by atoms with Crippen LogP contribution in [0, 0.1) is 0 Å². The maximum Gasteiger partial charge on any atom is 0.0411 e. The lowest BCUT2D eigenvalue weighted by atomic mass is 9.87. The third kappa shape index (κ3) is 8.76. The van der Waals surface area contributed by atoms with E-state index in [9.17, 15) is 0 Å². The van der Waals surface area contributed by atoms with Gasteiger partial charge >= 0.3 is 0 Å². The maximum absolute atomic E-state index is 3.83. The first-order chi connectivity index (χ1) is 17.8.